The summed E-state index contributed by atoms with van der Waals surface area (Å²) in [4.78, 5) is 27.4. The van der Waals surface area contributed by atoms with Crippen LogP contribution >= 0.6 is 31.9 Å². The number of nitrogens with zero attached hydrogens (tertiary/aromatic N) is 1. The van der Waals surface area contributed by atoms with Crippen molar-refractivity contribution in [2.24, 2.45) is 0 Å². The van der Waals surface area contributed by atoms with Crippen LogP contribution in [0.15, 0.2) is 74.2 Å². The van der Waals surface area contributed by atoms with Crippen molar-refractivity contribution in [1.82, 2.24) is 0 Å². The number of halogens is 2. The summed E-state index contributed by atoms with van der Waals surface area (Å²) < 4.78 is 6.33. The van der Waals surface area contributed by atoms with E-state index >= 15 is 0 Å². The molecule has 0 bridgehead atoms. The molecule has 1 aliphatic rings. The molecule has 142 valence electrons. The van der Waals surface area contributed by atoms with E-state index in [9.17, 15) is 14.7 Å². The molecule has 0 aliphatic carbocycles. The van der Waals surface area contributed by atoms with Gasteiger partial charge in [-0.15, -0.1) is 0 Å². The van der Waals surface area contributed by atoms with E-state index in [-0.39, 0.29) is 5.76 Å². The average molecular weight is 505 g/mol. The smallest absolute Gasteiger partial charge is 0.264 e. The van der Waals surface area contributed by atoms with Crippen molar-refractivity contribution in [1.29, 1.82) is 0 Å². The van der Waals surface area contributed by atoms with Crippen molar-refractivity contribution in [3.8, 4) is 0 Å². The van der Waals surface area contributed by atoms with Crippen LogP contribution in [-0.2, 0) is 16.9 Å². The lowest BCUT2D eigenvalue weighted by Crippen LogP contribution is -2.41. The Morgan fingerprint density at radius 3 is 2.43 bits per heavy atom. The van der Waals surface area contributed by atoms with E-state index < -0.39 is 23.7 Å². The SMILES string of the molecule is O=C(CC1(O)C(=O)N(Cc2ccccc2)c2ccccc21)c1cc(Br)c(Br)o1. The Balaban J connectivity index is 1.68. The first kappa shape index (κ1) is 19.1. The maximum absolute atomic E-state index is 13.2. The van der Waals surface area contributed by atoms with E-state index in [2.05, 4.69) is 31.9 Å². The van der Waals surface area contributed by atoms with E-state index in [1.54, 1.807) is 24.3 Å². The van der Waals surface area contributed by atoms with Crippen molar-refractivity contribution in [3.05, 3.63) is 86.7 Å². The van der Waals surface area contributed by atoms with Crippen LogP contribution in [0.25, 0.3) is 0 Å². The number of hydrogen-bond donors (Lipinski definition) is 1. The van der Waals surface area contributed by atoms with E-state index in [1.807, 2.05) is 30.3 Å². The number of para-hydroxylation sites is 1. The predicted octanol–water partition coefficient (Wildman–Crippen LogP) is 4.81. The summed E-state index contributed by atoms with van der Waals surface area (Å²) in [5.41, 5.74) is 0.0244. The molecule has 3 aromatic rings. The molecule has 1 N–H and O–H groups in total. The first-order chi connectivity index (χ1) is 13.4. The highest BCUT2D eigenvalue weighted by Gasteiger charge is 2.51. The van der Waals surface area contributed by atoms with Gasteiger partial charge in [0.1, 0.15) is 0 Å². The van der Waals surface area contributed by atoms with E-state index in [0.29, 0.717) is 26.9 Å². The molecule has 0 radical (unpaired) electrons. The number of benzene rings is 2. The monoisotopic (exact) mass is 503 g/mol. The second-order valence-electron chi connectivity index (χ2n) is 6.59. The second-order valence-corrected chi connectivity index (χ2v) is 8.16. The highest BCUT2D eigenvalue weighted by atomic mass is 79.9. The van der Waals surface area contributed by atoms with Gasteiger partial charge in [-0.2, -0.15) is 0 Å². The molecule has 1 unspecified atom stereocenters. The van der Waals surface area contributed by atoms with Crippen LogP contribution in [-0.4, -0.2) is 16.8 Å². The molecule has 1 aromatic heterocycles. The van der Waals surface area contributed by atoms with Gasteiger partial charge in [-0.3, -0.25) is 9.59 Å². The van der Waals surface area contributed by atoms with Crippen LogP contribution in [0, 0.1) is 0 Å². The van der Waals surface area contributed by atoms with Crippen LogP contribution in [0.4, 0.5) is 5.69 Å². The Labute approximate surface area is 178 Å². The first-order valence-electron chi connectivity index (χ1n) is 8.56. The van der Waals surface area contributed by atoms with E-state index in [4.69, 9.17) is 4.42 Å². The fraction of sp³-hybridized carbons (Fsp3) is 0.143. The fourth-order valence-corrected chi connectivity index (χ4v) is 3.98. The zero-order chi connectivity index (χ0) is 19.9. The van der Waals surface area contributed by atoms with Gasteiger partial charge in [0, 0.05) is 11.6 Å². The van der Waals surface area contributed by atoms with Crippen molar-refractivity contribution in [2.75, 3.05) is 4.90 Å². The van der Waals surface area contributed by atoms with Gasteiger partial charge in [-0.1, -0.05) is 48.5 Å². The normalized spacial score (nSPS) is 18.4. The Hall–Kier alpha value is -2.22. The van der Waals surface area contributed by atoms with Crippen LogP contribution in [0.1, 0.15) is 28.1 Å². The minimum Gasteiger partial charge on any atom is -0.445 e. The van der Waals surface area contributed by atoms with Gasteiger partial charge in [0.25, 0.3) is 5.91 Å². The van der Waals surface area contributed by atoms with Crippen LogP contribution in [0.5, 0.6) is 0 Å². The number of carbonyl (C=O) groups is 2. The maximum atomic E-state index is 13.2. The number of Topliss-reactive ketones (excluding diaryl/α,β-unsaturated/α-hetero) is 1. The molecule has 2 aromatic carbocycles. The number of carbonyl (C=O) groups excluding carboxylic acids is 2. The molecule has 0 saturated carbocycles. The van der Waals surface area contributed by atoms with Crippen molar-refractivity contribution in [3.63, 3.8) is 0 Å². The summed E-state index contributed by atoms with van der Waals surface area (Å²) in [5, 5.41) is 11.3. The van der Waals surface area contributed by atoms with Crippen LogP contribution in [0.3, 0.4) is 0 Å². The maximum Gasteiger partial charge on any atom is 0.264 e. The fourth-order valence-electron chi connectivity index (χ4n) is 3.40. The lowest BCUT2D eigenvalue weighted by molar-refractivity contribution is -0.136. The number of fused-ring (bicyclic) bond motifs is 1. The minimum atomic E-state index is -1.94. The molecular weight excluding hydrogens is 490 g/mol. The molecular formula is C21H15Br2NO4. The molecule has 28 heavy (non-hydrogen) atoms. The quantitative estimate of drug-likeness (QED) is 0.506. The van der Waals surface area contributed by atoms with Gasteiger partial charge >= 0.3 is 0 Å². The van der Waals surface area contributed by atoms with Crippen molar-refractivity contribution in [2.45, 2.75) is 18.6 Å². The third-order valence-electron chi connectivity index (χ3n) is 4.76. The third kappa shape index (κ3) is 3.23. The number of rotatable bonds is 5. The van der Waals surface area contributed by atoms with E-state index in [1.165, 1.54) is 11.0 Å². The molecule has 5 nitrogen and oxygen atoms in total. The Kier molecular flexibility index (Phi) is 4.99. The topological polar surface area (TPSA) is 70.8 Å². The lowest BCUT2D eigenvalue weighted by Gasteiger charge is -2.22. The number of furan rings is 1. The highest BCUT2D eigenvalue weighted by molar-refractivity contribution is 9.13. The predicted molar refractivity (Wildman–Crippen MR) is 111 cm³/mol. The standard InChI is InChI=1S/C21H15Br2NO4/c22-15-10-18(28-19(15)23)17(25)11-21(27)14-8-4-5-9-16(14)24(20(21)26)12-13-6-2-1-3-7-13/h1-10,27H,11-12H2. The van der Waals surface area contributed by atoms with Crippen LogP contribution in [0.2, 0.25) is 0 Å². The largest absolute Gasteiger partial charge is 0.445 e. The van der Waals surface area contributed by atoms with Gasteiger partial charge in [-0.05, 0) is 43.5 Å². The molecule has 7 heteroatoms. The number of aliphatic hydroxyl groups is 1. The molecule has 1 atom stereocenters. The molecule has 4 rings (SSSR count). The first-order valence-corrected chi connectivity index (χ1v) is 10.1. The summed E-state index contributed by atoms with van der Waals surface area (Å²) >= 11 is 6.46. The highest BCUT2D eigenvalue weighted by Crippen LogP contribution is 2.43. The molecule has 1 amide bonds. The average Bonchev–Trinajstić information content (AvgIpc) is 3.13. The summed E-state index contributed by atoms with van der Waals surface area (Å²) in [7, 11) is 0. The molecule has 0 saturated heterocycles. The number of hydrogen-bond acceptors (Lipinski definition) is 4. The Bertz CT molecular complexity index is 1040. The van der Waals surface area contributed by atoms with Gasteiger partial charge < -0.3 is 14.4 Å². The minimum absolute atomic E-state index is 0.0685. The lowest BCUT2D eigenvalue weighted by atomic mass is 9.89. The van der Waals surface area contributed by atoms with Crippen molar-refractivity contribution >= 4 is 49.2 Å². The Morgan fingerprint density at radius 1 is 1.07 bits per heavy atom. The summed E-state index contributed by atoms with van der Waals surface area (Å²) in [6.07, 6.45) is -0.402. The number of anilines is 1. The number of amides is 1. The summed E-state index contributed by atoms with van der Waals surface area (Å²) in [6.45, 7) is 0.311. The van der Waals surface area contributed by atoms with Gasteiger partial charge in [0.05, 0.1) is 23.1 Å². The molecule has 1 aliphatic heterocycles. The Morgan fingerprint density at radius 2 is 1.75 bits per heavy atom. The van der Waals surface area contributed by atoms with Gasteiger partial charge in [0.2, 0.25) is 5.78 Å². The third-order valence-corrected chi connectivity index (χ3v) is 6.47. The summed E-state index contributed by atoms with van der Waals surface area (Å²) in [5.74, 6) is -0.909. The van der Waals surface area contributed by atoms with Gasteiger partial charge in [0.15, 0.2) is 16.0 Å². The zero-order valence-corrected chi connectivity index (χ0v) is 17.7. The molecule has 2 heterocycles. The molecule has 0 spiro atoms. The van der Waals surface area contributed by atoms with Crippen LogP contribution < -0.4 is 4.90 Å². The summed E-state index contributed by atoms with van der Waals surface area (Å²) in [6, 6.07) is 18.0. The zero-order valence-electron chi connectivity index (χ0n) is 14.6. The van der Waals surface area contributed by atoms with E-state index in [0.717, 1.165) is 5.56 Å². The van der Waals surface area contributed by atoms with Crippen molar-refractivity contribution < 1.29 is 19.1 Å². The van der Waals surface area contributed by atoms with Gasteiger partial charge in [-0.25, -0.2) is 0 Å². The molecule has 0 fully saturated rings. The number of ketones is 1. The second kappa shape index (κ2) is 7.31.